The number of quaternary nitrogens is 1. The Labute approximate surface area is 161 Å². The fraction of sp³-hybridized carbons (Fsp3) is 0.300. The van der Waals surface area contributed by atoms with Gasteiger partial charge in [0.05, 0.1) is 11.4 Å². The van der Waals surface area contributed by atoms with E-state index in [1.165, 1.54) is 5.56 Å². The largest absolute Gasteiger partial charge is 0.330 e. The van der Waals surface area contributed by atoms with Gasteiger partial charge in [0.2, 0.25) is 5.91 Å². The van der Waals surface area contributed by atoms with Crippen LogP contribution >= 0.6 is 15.9 Å². The highest BCUT2D eigenvalue weighted by atomic mass is 79.9. The molecule has 0 unspecified atom stereocenters. The number of nitrogens with one attached hydrogen (secondary N) is 1. The second-order valence-electron chi connectivity index (χ2n) is 6.54. The number of fused-ring (bicyclic) bond motifs is 1. The number of carbonyl (C=O) groups excluding carboxylic acids is 2. The number of amides is 2. The van der Waals surface area contributed by atoms with Crippen LogP contribution in [0.25, 0.3) is 0 Å². The quantitative estimate of drug-likeness (QED) is 0.786. The molecule has 0 radical (unpaired) electrons. The van der Waals surface area contributed by atoms with Crippen molar-refractivity contribution in [2.75, 3.05) is 16.8 Å². The maximum atomic E-state index is 13.1. The van der Waals surface area contributed by atoms with Gasteiger partial charge in [-0.15, -0.1) is 0 Å². The Bertz CT molecular complexity index is 807. The van der Waals surface area contributed by atoms with E-state index < -0.39 is 0 Å². The molecule has 5 nitrogen and oxygen atoms in total. The lowest BCUT2D eigenvalue weighted by molar-refractivity contribution is -0.713. The summed E-state index contributed by atoms with van der Waals surface area (Å²) >= 11 is 3.45. The summed E-state index contributed by atoms with van der Waals surface area (Å²) < 4.78 is 1.04. The smallest absolute Gasteiger partial charge is 0.285 e. The zero-order valence-electron chi connectivity index (χ0n) is 14.9. The van der Waals surface area contributed by atoms with E-state index in [1.807, 2.05) is 43.3 Å². The van der Waals surface area contributed by atoms with E-state index in [9.17, 15) is 9.59 Å². The monoisotopic (exact) mass is 416 g/mol. The molecule has 2 amide bonds. The number of halogens is 1. The molecule has 0 spiro atoms. The van der Waals surface area contributed by atoms with Gasteiger partial charge in [-0.25, -0.2) is 0 Å². The lowest BCUT2D eigenvalue weighted by Crippen LogP contribution is -2.92. The molecule has 0 aliphatic carbocycles. The fourth-order valence-corrected chi connectivity index (χ4v) is 3.56. The summed E-state index contributed by atoms with van der Waals surface area (Å²) in [7, 11) is 0. The number of benzene rings is 2. The topological polar surface area (TPSA) is 66.0 Å². The average molecular weight is 417 g/mol. The molecule has 0 bridgehead atoms. The van der Waals surface area contributed by atoms with Crippen LogP contribution < -0.4 is 15.5 Å². The van der Waals surface area contributed by atoms with Crippen molar-refractivity contribution < 1.29 is 14.9 Å². The average Bonchev–Trinajstić information content (AvgIpc) is 2.65. The molecule has 26 heavy (non-hydrogen) atoms. The van der Waals surface area contributed by atoms with Crippen LogP contribution in [0.5, 0.6) is 0 Å². The van der Waals surface area contributed by atoms with Crippen LogP contribution in [0.15, 0.2) is 53.0 Å². The van der Waals surface area contributed by atoms with Gasteiger partial charge in [0.1, 0.15) is 12.6 Å². The van der Waals surface area contributed by atoms with Crippen LogP contribution in [0.3, 0.4) is 0 Å². The van der Waals surface area contributed by atoms with Crippen molar-refractivity contribution in [3.8, 4) is 0 Å². The van der Waals surface area contributed by atoms with Gasteiger partial charge in [-0.2, -0.15) is 0 Å². The normalized spacial score (nSPS) is 15.8. The number of rotatable bonds is 5. The van der Waals surface area contributed by atoms with Gasteiger partial charge >= 0.3 is 0 Å². The number of anilines is 2. The van der Waals surface area contributed by atoms with Gasteiger partial charge in [-0.05, 0) is 31.2 Å². The second-order valence-corrected chi connectivity index (χ2v) is 7.45. The van der Waals surface area contributed by atoms with Gasteiger partial charge in [0.15, 0.2) is 6.04 Å². The van der Waals surface area contributed by atoms with Gasteiger partial charge < -0.3 is 10.6 Å². The molecule has 0 saturated carbocycles. The van der Waals surface area contributed by atoms with E-state index >= 15 is 0 Å². The molecule has 6 heteroatoms. The Morgan fingerprint density at radius 1 is 1.23 bits per heavy atom. The van der Waals surface area contributed by atoms with Crippen LogP contribution in [0, 0.1) is 0 Å². The minimum atomic E-state index is -0.289. The summed E-state index contributed by atoms with van der Waals surface area (Å²) in [5.74, 6) is -0.216. The van der Waals surface area contributed by atoms with Gasteiger partial charge in [0, 0.05) is 16.5 Å². The van der Waals surface area contributed by atoms with E-state index in [1.54, 1.807) is 4.90 Å². The highest BCUT2D eigenvalue weighted by Gasteiger charge is 2.32. The maximum Gasteiger partial charge on any atom is 0.285 e. The van der Waals surface area contributed by atoms with Crippen molar-refractivity contribution in [1.82, 2.24) is 0 Å². The van der Waals surface area contributed by atoms with Crippen molar-refractivity contribution in [2.24, 2.45) is 0 Å². The maximum absolute atomic E-state index is 13.1. The summed E-state index contributed by atoms with van der Waals surface area (Å²) in [5.41, 5.74) is 2.63. The van der Waals surface area contributed by atoms with Gasteiger partial charge in [-0.1, -0.05) is 47.1 Å². The lowest BCUT2D eigenvalue weighted by atomic mass is 10.0. The summed E-state index contributed by atoms with van der Waals surface area (Å²) in [6.45, 7) is 4.08. The number of nitrogens with zero attached hydrogens (tertiary/aromatic N) is 1. The predicted molar refractivity (Wildman–Crippen MR) is 106 cm³/mol. The van der Waals surface area contributed by atoms with Crippen molar-refractivity contribution in [3.63, 3.8) is 0 Å². The molecular formula is C20H23BrN3O2+. The first kappa shape index (κ1) is 18.6. The molecule has 136 valence electrons. The van der Waals surface area contributed by atoms with Crippen LogP contribution in [0.4, 0.5) is 11.4 Å². The fourth-order valence-electron chi connectivity index (χ4n) is 3.30. The lowest BCUT2D eigenvalue weighted by Gasteiger charge is -2.31. The minimum absolute atomic E-state index is 0.0529. The van der Waals surface area contributed by atoms with Gasteiger partial charge in [-0.3, -0.25) is 14.5 Å². The van der Waals surface area contributed by atoms with E-state index in [0.717, 1.165) is 16.6 Å². The SMILES string of the molecule is CC[C@H]([NH2+][C@@H](C)C(=O)N1CC(=O)Nc2ccccc21)c1ccc(Br)cc1. The first-order chi connectivity index (χ1) is 12.5. The zero-order valence-corrected chi connectivity index (χ0v) is 16.5. The Morgan fingerprint density at radius 2 is 1.92 bits per heavy atom. The Balaban J connectivity index is 1.77. The molecule has 0 aromatic heterocycles. The summed E-state index contributed by atoms with van der Waals surface area (Å²) in [5, 5.41) is 4.90. The van der Waals surface area contributed by atoms with Crippen LogP contribution in [-0.4, -0.2) is 24.4 Å². The first-order valence-electron chi connectivity index (χ1n) is 8.80. The Hall–Kier alpha value is -2.18. The first-order valence-corrected chi connectivity index (χ1v) is 9.59. The number of carbonyl (C=O) groups is 2. The number of hydrogen-bond acceptors (Lipinski definition) is 2. The number of para-hydroxylation sites is 2. The second kappa shape index (κ2) is 8.01. The summed E-state index contributed by atoms with van der Waals surface area (Å²) in [6, 6.07) is 15.5. The third-order valence-electron chi connectivity index (χ3n) is 4.69. The molecule has 3 rings (SSSR count). The molecule has 2 atom stereocenters. The summed E-state index contributed by atoms with van der Waals surface area (Å²) in [6.07, 6.45) is 0.913. The third kappa shape index (κ3) is 3.97. The minimum Gasteiger partial charge on any atom is -0.330 e. The van der Waals surface area contributed by atoms with E-state index in [0.29, 0.717) is 5.69 Å². The van der Waals surface area contributed by atoms with Crippen molar-refractivity contribution >= 4 is 39.1 Å². The van der Waals surface area contributed by atoms with E-state index in [-0.39, 0.29) is 30.4 Å². The number of nitrogens with two attached hydrogens (primary N) is 1. The van der Waals surface area contributed by atoms with Crippen LogP contribution in [0.2, 0.25) is 0 Å². The van der Waals surface area contributed by atoms with E-state index in [4.69, 9.17) is 0 Å². The zero-order chi connectivity index (χ0) is 18.7. The summed E-state index contributed by atoms with van der Waals surface area (Å²) in [4.78, 5) is 26.6. The number of hydrogen-bond donors (Lipinski definition) is 2. The van der Waals surface area contributed by atoms with E-state index in [2.05, 4.69) is 45.6 Å². The molecule has 3 N–H and O–H groups in total. The third-order valence-corrected chi connectivity index (χ3v) is 5.21. The van der Waals surface area contributed by atoms with Crippen molar-refractivity contribution in [1.29, 1.82) is 0 Å². The van der Waals surface area contributed by atoms with Crippen molar-refractivity contribution in [3.05, 3.63) is 58.6 Å². The molecule has 1 aliphatic rings. The Morgan fingerprint density at radius 3 is 2.62 bits per heavy atom. The highest BCUT2D eigenvalue weighted by Crippen LogP contribution is 2.29. The molecule has 1 aliphatic heterocycles. The molecule has 1 heterocycles. The van der Waals surface area contributed by atoms with Crippen molar-refractivity contribution in [2.45, 2.75) is 32.4 Å². The standard InChI is InChI=1S/C20H22BrN3O2/c1-3-16(14-8-10-15(21)11-9-14)22-13(2)20(26)24-12-19(25)23-17-6-4-5-7-18(17)24/h4-11,13,16,22H,3,12H2,1-2H3,(H,23,25)/p+1/t13-,16-/m0/s1. The van der Waals surface area contributed by atoms with Crippen LogP contribution in [-0.2, 0) is 9.59 Å². The highest BCUT2D eigenvalue weighted by molar-refractivity contribution is 9.10. The molecule has 0 saturated heterocycles. The van der Waals surface area contributed by atoms with Gasteiger partial charge in [0.25, 0.3) is 5.91 Å². The molecule has 2 aromatic carbocycles. The Kier molecular flexibility index (Phi) is 5.74. The molecule has 2 aromatic rings. The molecular weight excluding hydrogens is 394 g/mol. The predicted octanol–water partition coefficient (Wildman–Crippen LogP) is 2.84. The molecule has 0 fully saturated rings. The van der Waals surface area contributed by atoms with Crippen LogP contribution in [0.1, 0.15) is 31.9 Å².